The number of benzene rings is 1. The van der Waals surface area contributed by atoms with Crippen molar-refractivity contribution in [2.24, 2.45) is 0 Å². The summed E-state index contributed by atoms with van der Waals surface area (Å²) in [4.78, 5) is 28.5. The standard InChI is InChI=1S/C18H22N4O2S/c23-17-16(7-4-8-19-17)22-18(24)21-14(10-15-11-25-12-20-15)9-13-5-2-1-3-6-13/h1-3,5-6,11-12,14,16H,4,7-10H2,(H,19,23)(H2,21,22,24). The molecule has 1 aromatic carbocycles. The summed E-state index contributed by atoms with van der Waals surface area (Å²) >= 11 is 1.54. The maximum atomic E-state index is 12.4. The van der Waals surface area contributed by atoms with Crippen LogP contribution in [0.1, 0.15) is 24.1 Å². The lowest BCUT2D eigenvalue weighted by molar-refractivity contribution is -0.124. The quantitative estimate of drug-likeness (QED) is 0.737. The summed E-state index contributed by atoms with van der Waals surface area (Å²) in [7, 11) is 0. The summed E-state index contributed by atoms with van der Waals surface area (Å²) in [6.45, 7) is 0.680. The largest absolute Gasteiger partial charge is 0.354 e. The predicted octanol–water partition coefficient (Wildman–Crippen LogP) is 1.87. The Labute approximate surface area is 151 Å². The Balaban J connectivity index is 1.61. The Kier molecular flexibility index (Phi) is 6.00. The highest BCUT2D eigenvalue weighted by atomic mass is 32.1. The molecule has 3 N–H and O–H groups in total. The van der Waals surface area contributed by atoms with Crippen LogP contribution in [0.15, 0.2) is 41.2 Å². The fourth-order valence-electron chi connectivity index (χ4n) is 2.96. The zero-order valence-corrected chi connectivity index (χ0v) is 14.7. The number of carbonyl (C=O) groups excluding carboxylic acids is 2. The van der Waals surface area contributed by atoms with E-state index in [0.717, 1.165) is 17.7 Å². The van der Waals surface area contributed by atoms with Crippen LogP contribution in [-0.4, -0.2) is 35.6 Å². The number of nitrogens with zero attached hydrogens (tertiary/aromatic N) is 1. The van der Waals surface area contributed by atoms with Gasteiger partial charge in [-0.2, -0.15) is 0 Å². The molecule has 0 bridgehead atoms. The van der Waals surface area contributed by atoms with Crippen molar-refractivity contribution in [2.45, 2.75) is 37.8 Å². The van der Waals surface area contributed by atoms with Gasteiger partial charge in [0.15, 0.2) is 0 Å². The van der Waals surface area contributed by atoms with Crippen molar-refractivity contribution in [1.82, 2.24) is 20.9 Å². The summed E-state index contributed by atoms with van der Waals surface area (Å²) in [6.07, 6.45) is 2.92. The molecule has 0 radical (unpaired) electrons. The number of rotatable bonds is 6. The third-order valence-electron chi connectivity index (χ3n) is 4.19. The van der Waals surface area contributed by atoms with Crippen LogP contribution in [0.3, 0.4) is 0 Å². The van der Waals surface area contributed by atoms with Crippen molar-refractivity contribution >= 4 is 23.3 Å². The summed E-state index contributed by atoms with van der Waals surface area (Å²) < 4.78 is 0. The number of urea groups is 1. The number of aromatic nitrogens is 1. The van der Waals surface area contributed by atoms with Crippen molar-refractivity contribution in [3.05, 3.63) is 52.5 Å². The highest BCUT2D eigenvalue weighted by Crippen LogP contribution is 2.10. The molecular weight excluding hydrogens is 336 g/mol. The van der Waals surface area contributed by atoms with E-state index in [-0.39, 0.29) is 18.0 Å². The molecule has 1 aliphatic heterocycles. The van der Waals surface area contributed by atoms with Crippen molar-refractivity contribution in [3.63, 3.8) is 0 Å². The number of piperidine rings is 1. The topological polar surface area (TPSA) is 83.1 Å². The second-order valence-corrected chi connectivity index (χ2v) is 6.89. The Morgan fingerprint density at radius 3 is 2.88 bits per heavy atom. The Hall–Kier alpha value is -2.41. The first-order valence-electron chi connectivity index (χ1n) is 8.46. The average molecular weight is 358 g/mol. The van der Waals surface area contributed by atoms with Gasteiger partial charge >= 0.3 is 6.03 Å². The zero-order valence-electron chi connectivity index (χ0n) is 13.9. The van der Waals surface area contributed by atoms with Gasteiger partial charge < -0.3 is 16.0 Å². The summed E-state index contributed by atoms with van der Waals surface area (Å²) in [6, 6.07) is 9.19. The normalized spacial score (nSPS) is 18.2. The van der Waals surface area contributed by atoms with Gasteiger partial charge in [-0.3, -0.25) is 4.79 Å². The molecule has 2 heterocycles. The fourth-order valence-corrected chi connectivity index (χ4v) is 3.53. The molecule has 132 valence electrons. The molecular formula is C18H22N4O2S. The number of thiazole rings is 1. The van der Waals surface area contributed by atoms with Crippen LogP contribution in [0.4, 0.5) is 4.79 Å². The van der Waals surface area contributed by atoms with E-state index in [1.165, 1.54) is 0 Å². The molecule has 25 heavy (non-hydrogen) atoms. The monoisotopic (exact) mass is 358 g/mol. The van der Waals surface area contributed by atoms with Gasteiger partial charge in [-0.1, -0.05) is 30.3 Å². The lowest BCUT2D eigenvalue weighted by Gasteiger charge is -2.25. The summed E-state index contributed by atoms with van der Waals surface area (Å²) in [5, 5.41) is 10.6. The van der Waals surface area contributed by atoms with Crippen LogP contribution in [0.5, 0.6) is 0 Å². The lowest BCUT2D eigenvalue weighted by atomic mass is 10.0. The molecule has 2 unspecified atom stereocenters. The Morgan fingerprint density at radius 2 is 2.16 bits per heavy atom. The molecule has 1 saturated heterocycles. The second-order valence-electron chi connectivity index (χ2n) is 6.17. The van der Waals surface area contributed by atoms with Crippen LogP contribution >= 0.6 is 11.3 Å². The van der Waals surface area contributed by atoms with Gasteiger partial charge in [-0.25, -0.2) is 9.78 Å². The van der Waals surface area contributed by atoms with Crippen LogP contribution < -0.4 is 16.0 Å². The van der Waals surface area contributed by atoms with E-state index >= 15 is 0 Å². The van der Waals surface area contributed by atoms with Crippen molar-refractivity contribution < 1.29 is 9.59 Å². The highest BCUT2D eigenvalue weighted by Gasteiger charge is 2.24. The van der Waals surface area contributed by atoms with Crippen LogP contribution in [0.2, 0.25) is 0 Å². The van der Waals surface area contributed by atoms with Gasteiger partial charge in [0, 0.05) is 24.4 Å². The Bertz CT molecular complexity index is 690. The van der Waals surface area contributed by atoms with Crippen molar-refractivity contribution in [3.8, 4) is 0 Å². The maximum Gasteiger partial charge on any atom is 0.315 e. The minimum absolute atomic E-state index is 0.0869. The molecule has 0 spiro atoms. The minimum atomic E-state index is -0.453. The molecule has 1 aromatic heterocycles. The van der Waals surface area contributed by atoms with E-state index in [2.05, 4.69) is 20.9 Å². The van der Waals surface area contributed by atoms with E-state index in [0.29, 0.717) is 25.8 Å². The third-order valence-corrected chi connectivity index (χ3v) is 4.83. The van der Waals surface area contributed by atoms with E-state index in [1.54, 1.807) is 16.8 Å². The lowest BCUT2D eigenvalue weighted by Crippen LogP contribution is -2.54. The second kappa shape index (κ2) is 8.62. The number of hydrogen-bond acceptors (Lipinski definition) is 4. The van der Waals surface area contributed by atoms with Crippen LogP contribution in [0, 0.1) is 0 Å². The minimum Gasteiger partial charge on any atom is -0.354 e. The van der Waals surface area contributed by atoms with E-state index in [4.69, 9.17) is 0 Å². The number of amides is 3. The summed E-state index contributed by atoms with van der Waals surface area (Å²) in [5.41, 5.74) is 3.90. The first-order chi connectivity index (χ1) is 12.2. The zero-order chi connectivity index (χ0) is 17.5. The van der Waals surface area contributed by atoms with E-state index < -0.39 is 6.04 Å². The van der Waals surface area contributed by atoms with Gasteiger partial charge in [-0.15, -0.1) is 11.3 Å². The summed E-state index contributed by atoms with van der Waals surface area (Å²) in [5.74, 6) is -0.111. The van der Waals surface area contributed by atoms with Gasteiger partial charge in [0.25, 0.3) is 0 Å². The Morgan fingerprint density at radius 1 is 1.32 bits per heavy atom. The molecule has 1 aliphatic rings. The van der Waals surface area contributed by atoms with Crippen LogP contribution in [-0.2, 0) is 17.6 Å². The molecule has 7 heteroatoms. The number of carbonyl (C=O) groups is 2. The first-order valence-corrected chi connectivity index (χ1v) is 9.41. The van der Waals surface area contributed by atoms with Crippen molar-refractivity contribution in [2.75, 3.05) is 6.54 Å². The smallest absolute Gasteiger partial charge is 0.315 e. The molecule has 6 nitrogen and oxygen atoms in total. The van der Waals surface area contributed by atoms with Gasteiger partial charge in [-0.05, 0) is 24.8 Å². The molecule has 0 saturated carbocycles. The SMILES string of the molecule is O=C(NC(Cc1ccccc1)Cc1cscn1)NC1CCCNC1=O. The van der Waals surface area contributed by atoms with Gasteiger partial charge in [0.05, 0.1) is 11.2 Å². The first kappa shape index (κ1) is 17.4. The maximum absolute atomic E-state index is 12.4. The third kappa shape index (κ3) is 5.29. The van der Waals surface area contributed by atoms with Crippen molar-refractivity contribution in [1.29, 1.82) is 0 Å². The molecule has 1 fully saturated rings. The highest BCUT2D eigenvalue weighted by molar-refractivity contribution is 7.07. The predicted molar refractivity (Wildman–Crippen MR) is 97.5 cm³/mol. The number of nitrogens with one attached hydrogen (secondary N) is 3. The van der Waals surface area contributed by atoms with E-state index in [9.17, 15) is 9.59 Å². The average Bonchev–Trinajstić information content (AvgIpc) is 3.11. The van der Waals surface area contributed by atoms with E-state index in [1.807, 2.05) is 35.7 Å². The molecule has 2 atom stereocenters. The molecule has 3 rings (SSSR count). The molecule has 2 aromatic rings. The van der Waals surface area contributed by atoms with Gasteiger partial charge in [0.1, 0.15) is 6.04 Å². The van der Waals surface area contributed by atoms with Crippen LogP contribution in [0.25, 0.3) is 0 Å². The molecule has 3 amide bonds. The molecule has 0 aliphatic carbocycles. The van der Waals surface area contributed by atoms with Gasteiger partial charge in [0.2, 0.25) is 5.91 Å². The fraction of sp³-hybridized carbons (Fsp3) is 0.389. The number of hydrogen-bond donors (Lipinski definition) is 3.